The number of amides is 1. The molecule has 1 aliphatic rings. The molecule has 104 valence electrons. The summed E-state index contributed by atoms with van der Waals surface area (Å²) in [6.07, 6.45) is -3.50. The molecule has 1 aromatic rings. The Balaban J connectivity index is 2.14. The molecule has 0 aliphatic heterocycles. The van der Waals surface area contributed by atoms with E-state index in [4.69, 9.17) is 5.73 Å². The van der Waals surface area contributed by atoms with Crippen LogP contribution in [-0.4, -0.2) is 18.8 Å². The largest absolute Gasteiger partial charge is 0.573 e. The molecule has 0 radical (unpaired) electrons. The molecule has 1 saturated carbocycles. The quantitative estimate of drug-likeness (QED) is 0.885. The van der Waals surface area contributed by atoms with Crippen molar-refractivity contribution in [2.24, 2.45) is 11.1 Å². The number of benzene rings is 1. The Bertz CT molecular complexity index is 484. The van der Waals surface area contributed by atoms with Gasteiger partial charge < -0.3 is 15.8 Å². The van der Waals surface area contributed by atoms with Crippen LogP contribution in [0.4, 0.5) is 18.9 Å². The number of alkyl halides is 3. The zero-order valence-electron chi connectivity index (χ0n) is 9.96. The Kier molecular flexibility index (Phi) is 3.40. The monoisotopic (exact) mass is 274 g/mol. The zero-order chi connectivity index (χ0) is 14.1. The number of ether oxygens (including phenoxy) is 1. The van der Waals surface area contributed by atoms with Gasteiger partial charge in [-0.3, -0.25) is 4.79 Å². The Morgan fingerprint density at radius 1 is 1.37 bits per heavy atom. The van der Waals surface area contributed by atoms with Crippen molar-refractivity contribution in [3.05, 3.63) is 24.3 Å². The summed E-state index contributed by atoms with van der Waals surface area (Å²) in [5, 5.41) is 2.44. The van der Waals surface area contributed by atoms with E-state index in [1.54, 1.807) is 0 Å². The van der Waals surface area contributed by atoms with E-state index in [0.717, 1.165) is 6.07 Å². The van der Waals surface area contributed by atoms with E-state index in [2.05, 4.69) is 10.1 Å². The molecule has 0 saturated heterocycles. The van der Waals surface area contributed by atoms with Crippen molar-refractivity contribution in [1.82, 2.24) is 0 Å². The van der Waals surface area contributed by atoms with Gasteiger partial charge in [0, 0.05) is 6.54 Å². The van der Waals surface area contributed by atoms with Crippen molar-refractivity contribution in [3.8, 4) is 5.75 Å². The van der Waals surface area contributed by atoms with Crippen LogP contribution >= 0.6 is 0 Å². The van der Waals surface area contributed by atoms with E-state index >= 15 is 0 Å². The second kappa shape index (κ2) is 4.73. The maximum atomic E-state index is 12.2. The number of para-hydroxylation sites is 2. The number of hydrogen-bond acceptors (Lipinski definition) is 3. The Morgan fingerprint density at radius 2 is 2.00 bits per heavy atom. The average molecular weight is 274 g/mol. The molecule has 4 nitrogen and oxygen atoms in total. The highest BCUT2D eigenvalue weighted by atomic mass is 19.4. The van der Waals surface area contributed by atoms with E-state index in [0.29, 0.717) is 12.8 Å². The third-order valence-corrected chi connectivity index (χ3v) is 3.09. The molecule has 7 heteroatoms. The lowest BCUT2D eigenvalue weighted by Crippen LogP contribution is -2.31. The van der Waals surface area contributed by atoms with Crippen LogP contribution < -0.4 is 15.8 Å². The topological polar surface area (TPSA) is 64.4 Å². The fraction of sp³-hybridized carbons (Fsp3) is 0.417. The summed E-state index contributed by atoms with van der Waals surface area (Å²) < 4.78 is 40.5. The third kappa shape index (κ3) is 3.17. The molecule has 0 heterocycles. The van der Waals surface area contributed by atoms with Gasteiger partial charge in [0.1, 0.15) is 0 Å². The molecular formula is C12H13F3N2O2. The number of hydrogen-bond donors (Lipinski definition) is 2. The van der Waals surface area contributed by atoms with Crippen LogP contribution in [0.5, 0.6) is 5.75 Å². The van der Waals surface area contributed by atoms with Crippen LogP contribution in [0.1, 0.15) is 12.8 Å². The zero-order valence-corrected chi connectivity index (χ0v) is 9.96. The Hall–Kier alpha value is -1.76. The molecule has 3 N–H and O–H groups in total. The minimum Gasteiger partial charge on any atom is -0.404 e. The minimum atomic E-state index is -4.80. The van der Waals surface area contributed by atoms with Crippen LogP contribution in [0.15, 0.2) is 24.3 Å². The number of nitrogens with one attached hydrogen (secondary N) is 1. The lowest BCUT2D eigenvalue weighted by atomic mass is 10.1. The van der Waals surface area contributed by atoms with E-state index < -0.39 is 17.5 Å². The fourth-order valence-corrected chi connectivity index (χ4v) is 1.71. The standard InChI is InChI=1S/C12H13F3N2O2/c13-12(14,15)19-9-4-2-1-3-8(9)17-10(18)11(7-16)5-6-11/h1-4H,5-7,16H2,(H,17,18). The highest BCUT2D eigenvalue weighted by molar-refractivity contribution is 5.98. The van der Waals surface area contributed by atoms with Gasteiger partial charge in [-0.15, -0.1) is 13.2 Å². The molecule has 0 unspecified atom stereocenters. The van der Waals surface area contributed by atoms with E-state index in [-0.39, 0.29) is 18.1 Å². The van der Waals surface area contributed by atoms with Crippen molar-refractivity contribution >= 4 is 11.6 Å². The number of carbonyl (C=O) groups is 1. The van der Waals surface area contributed by atoms with E-state index in [1.165, 1.54) is 18.2 Å². The summed E-state index contributed by atoms with van der Waals surface area (Å²) >= 11 is 0. The van der Waals surface area contributed by atoms with Crippen molar-refractivity contribution in [1.29, 1.82) is 0 Å². The molecule has 1 fully saturated rings. The molecule has 0 atom stereocenters. The van der Waals surface area contributed by atoms with Crippen LogP contribution in [0.2, 0.25) is 0 Å². The molecule has 0 bridgehead atoms. The van der Waals surface area contributed by atoms with Crippen LogP contribution in [-0.2, 0) is 4.79 Å². The summed E-state index contributed by atoms with van der Waals surface area (Å²) in [4.78, 5) is 11.9. The molecule has 1 amide bonds. The van der Waals surface area contributed by atoms with Gasteiger partial charge in [0.25, 0.3) is 0 Å². The predicted octanol–water partition coefficient (Wildman–Crippen LogP) is 2.26. The molecule has 0 spiro atoms. The normalized spacial score (nSPS) is 16.8. The van der Waals surface area contributed by atoms with Gasteiger partial charge in [-0.05, 0) is 25.0 Å². The third-order valence-electron chi connectivity index (χ3n) is 3.09. The van der Waals surface area contributed by atoms with Crippen molar-refractivity contribution < 1.29 is 22.7 Å². The van der Waals surface area contributed by atoms with Crippen molar-refractivity contribution in [2.45, 2.75) is 19.2 Å². The van der Waals surface area contributed by atoms with Crippen LogP contribution in [0, 0.1) is 5.41 Å². The summed E-state index contributed by atoms with van der Waals surface area (Å²) in [7, 11) is 0. The molecule has 0 aromatic heterocycles. The summed E-state index contributed by atoms with van der Waals surface area (Å²) in [5.41, 5.74) is 4.85. The lowest BCUT2D eigenvalue weighted by molar-refractivity contribution is -0.274. The lowest BCUT2D eigenvalue weighted by Gasteiger charge is -2.16. The highest BCUT2D eigenvalue weighted by Gasteiger charge is 2.48. The molecular weight excluding hydrogens is 261 g/mol. The molecule has 1 aromatic carbocycles. The van der Waals surface area contributed by atoms with Gasteiger partial charge in [0.05, 0.1) is 11.1 Å². The Labute approximate surface area is 107 Å². The fourth-order valence-electron chi connectivity index (χ4n) is 1.71. The second-order valence-corrected chi connectivity index (χ2v) is 4.48. The Morgan fingerprint density at radius 3 is 2.53 bits per heavy atom. The first-order valence-electron chi connectivity index (χ1n) is 5.73. The number of nitrogens with two attached hydrogens (primary N) is 1. The maximum Gasteiger partial charge on any atom is 0.573 e. The van der Waals surface area contributed by atoms with Crippen LogP contribution in [0.3, 0.4) is 0 Å². The number of carbonyl (C=O) groups excluding carboxylic acids is 1. The van der Waals surface area contributed by atoms with Crippen molar-refractivity contribution in [2.75, 3.05) is 11.9 Å². The van der Waals surface area contributed by atoms with E-state index in [1.807, 2.05) is 0 Å². The molecule has 19 heavy (non-hydrogen) atoms. The highest BCUT2D eigenvalue weighted by Crippen LogP contribution is 2.46. The summed E-state index contributed by atoms with van der Waals surface area (Å²) in [6, 6.07) is 5.41. The van der Waals surface area contributed by atoms with E-state index in [9.17, 15) is 18.0 Å². The van der Waals surface area contributed by atoms with Gasteiger partial charge in [-0.2, -0.15) is 0 Å². The smallest absolute Gasteiger partial charge is 0.404 e. The summed E-state index contributed by atoms with van der Waals surface area (Å²) in [6.45, 7) is 0.182. The first-order chi connectivity index (χ1) is 8.86. The summed E-state index contributed by atoms with van der Waals surface area (Å²) in [5.74, 6) is -0.801. The predicted molar refractivity (Wildman–Crippen MR) is 62.5 cm³/mol. The second-order valence-electron chi connectivity index (χ2n) is 4.48. The minimum absolute atomic E-state index is 0.00968. The van der Waals surface area contributed by atoms with Gasteiger partial charge in [0.2, 0.25) is 5.91 Å². The number of halogens is 3. The average Bonchev–Trinajstić information content (AvgIpc) is 3.10. The molecule has 2 rings (SSSR count). The first-order valence-corrected chi connectivity index (χ1v) is 5.73. The van der Waals surface area contributed by atoms with Crippen molar-refractivity contribution in [3.63, 3.8) is 0 Å². The maximum absolute atomic E-state index is 12.2. The first kappa shape index (κ1) is 13.7. The van der Waals surface area contributed by atoms with Gasteiger partial charge in [0.15, 0.2) is 5.75 Å². The van der Waals surface area contributed by atoms with Gasteiger partial charge in [-0.1, -0.05) is 12.1 Å². The van der Waals surface area contributed by atoms with Gasteiger partial charge in [-0.25, -0.2) is 0 Å². The number of anilines is 1. The molecule has 1 aliphatic carbocycles. The number of rotatable bonds is 4. The van der Waals surface area contributed by atoms with Gasteiger partial charge >= 0.3 is 6.36 Å². The van der Waals surface area contributed by atoms with Crippen LogP contribution in [0.25, 0.3) is 0 Å². The SMILES string of the molecule is NCC1(C(=O)Nc2ccccc2OC(F)(F)F)CC1.